The van der Waals surface area contributed by atoms with Crippen molar-refractivity contribution in [1.29, 1.82) is 0 Å². The molecule has 1 fully saturated rings. The van der Waals surface area contributed by atoms with Gasteiger partial charge in [0.2, 0.25) is 0 Å². The van der Waals surface area contributed by atoms with Crippen LogP contribution in [0.4, 0.5) is 0 Å². The van der Waals surface area contributed by atoms with Crippen molar-refractivity contribution in [1.82, 2.24) is 4.90 Å². The Kier molecular flexibility index (Phi) is 7.19. The number of nitrogens with zero attached hydrogens (tertiary/aromatic N) is 1. The van der Waals surface area contributed by atoms with E-state index in [-0.39, 0.29) is 17.0 Å². The molecule has 0 amide bonds. The second kappa shape index (κ2) is 8.14. The smallest absolute Gasteiger partial charge is 0.0990 e. The van der Waals surface area contributed by atoms with Gasteiger partial charge in [-0.2, -0.15) is 12.6 Å². The van der Waals surface area contributed by atoms with Gasteiger partial charge in [0.1, 0.15) is 0 Å². The van der Waals surface area contributed by atoms with Gasteiger partial charge in [0, 0.05) is 18.3 Å². The minimum absolute atomic E-state index is 0. The van der Waals surface area contributed by atoms with Gasteiger partial charge in [-0.05, 0) is 18.4 Å². The molecular weight excluding hydrogens is 298 g/mol. The van der Waals surface area contributed by atoms with Crippen LogP contribution >= 0.6 is 12.6 Å². The molecule has 0 aliphatic carbocycles. The highest BCUT2D eigenvalue weighted by Crippen LogP contribution is 2.13. The molecule has 0 spiro atoms. The summed E-state index contributed by atoms with van der Waals surface area (Å²) in [6, 6.07) is 10.5. The van der Waals surface area contributed by atoms with Gasteiger partial charge in [0.15, 0.2) is 0 Å². The van der Waals surface area contributed by atoms with Crippen molar-refractivity contribution in [3.05, 3.63) is 35.9 Å². The summed E-state index contributed by atoms with van der Waals surface area (Å²) in [4.78, 5) is 2.32. The molecule has 0 radical (unpaired) electrons. The van der Waals surface area contributed by atoms with Crippen molar-refractivity contribution in [3.63, 3.8) is 0 Å². The predicted octanol–water partition coefficient (Wildman–Crippen LogP) is -0.789. The Hall–Kier alpha value is -0.0300. The second-order valence-electron chi connectivity index (χ2n) is 4.29. The van der Waals surface area contributed by atoms with Crippen molar-refractivity contribution in [2.75, 3.05) is 26.4 Å². The molecule has 1 aromatic carbocycles. The Morgan fingerprint density at radius 2 is 2.06 bits per heavy atom. The number of likely N-dealkylation sites (tertiary alicyclic amines) is 1. The third kappa shape index (κ3) is 5.42. The minimum atomic E-state index is 0. The molecule has 1 aliphatic rings. The van der Waals surface area contributed by atoms with Gasteiger partial charge < -0.3 is 21.7 Å². The van der Waals surface area contributed by atoms with Crippen LogP contribution in [0.1, 0.15) is 12.0 Å². The molecule has 4 heteroatoms. The highest BCUT2D eigenvalue weighted by molar-refractivity contribution is 7.81. The molecule has 96 valence electrons. The normalized spacial score (nSPS) is 20.2. The first-order chi connectivity index (χ1) is 7.84. The van der Waals surface area contributed by atoms with E-state index < -0.39 is 0 Å². The van der Waals surface area contributed by atoms with E-state index in [2.05, 4.69) is 41.8 Å². The van der Waals surface area contributed by atoms with Crippen molar-refractivity contribution >= 4 is 12.6 Å². The summed E-state index contributed by atoms with van der Waals surface area (Å²) in [5, 5.41) is 0.540. The summed E-state index contributed by atoms with van der Waals surface area (Å²) < 4.78 is 5.66. The molecule has 0 aromatic heterocycles. The fourth-order valence-electron chi connectivity index (χ4n) is 1.96. The maximum Gasteiger partial charge on any atom is 0.0990 e. The van der Waals surface area contributed by atoms with Crippen molar-refractivity contribution in [2.45, 2.75) is 18.1 Å². The fourth-order valence-corrected chi connectivity index (χ4v) is 2.30. The molecule has 1 aliphatic heterocycles. The Morgan fingerprint density at radius 3 is 2.71 bits per heavy atom. The SMILES string of the molecule is SC1CCN(COCCc2ccccc2)C1.[Br-]. The lowest BCUT2D eigenvalue weighted by atomic mass is 10.2. The minimum Gasteiger partial charge on any atom is -1.00 e. The van der Waals surface area contributed by atoms with Gasteiger partial charge in [-0.1, -0.05) is 30.3 Å². The Morgan fingerprint density at radius 1 is 1.29 bits per heavy atom. The Balaban J connectivity index is 0.00000144. The Bertz CT molecular complexity index is 310. The van der Waals surface area contributed by atoms with E-state index in [1.807, 2.05) is 6.07 Å². The standard InChI is InChI=1S/C13H19NOS.BrH/c16-13-6-8-14(10-13)11-15-9-7-12-4-2-1-3-5-12;/h1-5,13,16H,6-11H2;1H/p-1. The Labute approximate surface area is 120 Å². The summed E-state index contributed by atoms with van der Waals surface area (Å²) in [6.07, 6.45) is 2.18. The molecule has 2 rings (SSSR count). The average molecular weight is 317 g/mol. The quantitative estimate of drug-likeness (QED) is 0.565. The van der Waals surface area contributed by atoms with E-state index in [1.165, 1.54) is 12.0 Å². The van der Waals surface area contributed by atoms with Gasteiger partial charge in [0.05, 0.1) is 13.3 Å². The lowest BCUT2D eigenvalue weighted by Crippen LogP contribution is -3.00. The fraction of sp³-hybridized carbons (Fsp3) is 0.538. The monoisotopic (exact) mass is 316 g/mol. The third-order valence-corrected chi connectivity index (χ3v) is 3.32. The zero-order valence-corrected chi connectivity index (χ0v) is 12.4. The number of hydrogen-bond donors (Lipinski definition) is 1. The van der Waals surface area contributed by atoms with Crippen LogP contribution in [-0.4, -0.2) is 36.6 Å². The van der Waals surface area contributed by atoms with Crippen LogP contribution in [0.25, 0.3) is 0 Å². The number of halogens is 1. The number of thiol groups is 1. The second-order valence-corrected chi connectivity index (χ2v) is 5.02. The van der Waals surface area contributed by atoms with Crippen LogP contribution in [0.3, 0.4) is 0 Å². The average Bonchev–Trinajstić information content (AvgIpc) is 2.72. The molecule has 0 bridgehead atoms. The first-order valence-electron chi connectivity index (χ1n) is 5.86. The largest absolute Gasteiger partial charge is 1.00 e. The molecule has 0 saturated carbocycles. The molecular formula is C13H19BrNOS-. The lowest BCUT2D eigenvalue weighted by molar-refractivity contribution is -0.00000477. The number of hydrogen-bond acceptors (Lipinski definition) is 3. The third-order valence-electron chi connectivity index (χ3n) is 2.90. The molecule has 1 atom stereocenters. The topological polar surface area (TPSA) is 12.5 Å². The van der Waals surface area contributed by atoms with E-state index in [4.69, 9.17) is 4.74 Å². The van der Waals surface area contributed by atoms with E-state index in [9.17, 15) is 0 Å². The van der Waals surface area contributed by atoms with Crippen LogP contribution in [0.15, 0.2) is 30.3 Å². The van der Waals surface area contributed by atoms with Gasteiger partial charge in [0.25, 0.3) is 0 Å². The molecule has 1 unspecified atom stereocenters. The van der Waals surface area contributed by atoms with Crippen molar-refractivity contribution in [3.8, 4) is 0 Å². The zero-order valence-electron chi connectivity index (χ0n) is 9.89. The van der Waals surface area contributed by atoms with Crippen LogP contribution in [0, 0.1) is 0 Å². The van der Waals surface area contributed by atoms with Gasteiger partial charge in [-0.15, -0.1) is 0 Å². The first-order valence-corrected chi connectivity index (χ1v) is 6.38. The summed E-state index contributed by atoms with van der Waals surface area (Å²) >= 11 is 4.46. The number of ether oxygens (including phenoxy) is 1. The van der Waals surface area contributed by atoms with E-state index in [1.54, 1.807) is 0 Å². The summed E-state index contributed by atoms with van der Waals surface area (Å²) in [5.74, 6) is 0. The van der Waals surface area contributed by atoms with Crippen LogP contribution in [-0.2, 0) is 11.2 Å². The van der Waals surface area contributed by atoms with E-state index >= 15 is 0 Å². The van der Waals surface area contributed by atoms with E-state index in [0.717, 1.165) is 32.8 Å². The summed E-state index contributed by atoms with van der Waals surface area (Å²) in [7, 11) is 0. The predicted molar refractivity (Wildman–Crippen MR) is 69.9 cm³/mol. The summed E-state index contributed by atoms with van der Waals surface area (Å²) in [5.41, 5.74) is 1.34. The van der Waals surface area contributed by atoms with Crippen LogP contribution < -0.4 is 17.0 Å². The van der Waals surface area contributed by atoms with Gasteiger partial charge in [-0.25, -0.2) is 0 Å². The lowest BCUT2D eigenvalue weighted by Gasteiger charge is -2.15. The van der Waals surface area contributed by atoms with Crippen molar-refractivity contribution < 1.29 is 21.7 Å². The molecule has 1 aromatic rings. The number of rotatable bonds is 5. The van der Waals surface area contributed by atoms with Crippen LogP contribution in [0.2, 0.25) is 0 Å². The molecule has 0 N–H and O–H groups in total. The molecule has 2 nitrogen and oxygen atoms in total. The maximum absolute atomic E-state index is 5.66. The first kappa shape index (κ1) is 15.0. The van der Waals surface area contributed by atoms with Gasteiger partial charge in [-0.3, -0.25) is 4.90 Å². The molecule has 17 heavy (non-hydrogen) atoms. The van der Waals surface area contributed by atoms with Crippen LogP contribution in [0.5, 0.6) is 0 Å². The van der Waals surface area contributed by atoms with Crippen molar-refractivity contribution in [2.24, 2.45) is 0 Å². The molecule has 1 heterocycles. The van der Waals surface area contributed by atoms with E-state index in [0.29, 0.717) is 5.25 Å². The molecule has 1 saturated heterocycles. The highest BCUT2D eigenvalue weighted by atomic mass is 79.9. The summed E-state index contributed by atoms with van der Waals surface area (Å²) in [6.45, 7) is 3.75. The maximum atomic E-state index is 5.66. The van der Waals surface area contributed by atoms with Gasteiger partial charge >= 0.3 is 0 Å². The zero-order chi connectivity index (χ0) is 11.2. The highest BCUT2D eigenvalue weighted by Gasteiger charge is 2.18. The number of benzene rings is 1.